The molecule has 2 fully saturated rings. The molecule has 0 spiro atoms. The predicted molar refractivity (Wildman–Crippen MR) is 62.3 cm³/mol. The molecule has 0 saturated heterocycles. The van der Waals surface area contributed by atoms with Gasteiger partial charge in [-0.25, -0.2) is 0 Å². The Morgan fingerprint density at radius 3 is 2.47 bits per heavy atom. The molecule has 0 bridgehead atoms. The van der Waals surface area contributed by atoms with Crippen LogP contribution in [0.4, 0.5) is 0 Å². The minimum Gasteiger partial charge on any atom is -0.480 e. The van der Waals surface area contributed by atoms with Gasteiger partial charge >= 0.3 is 5.97 Å². The molecule has 2 rings (SSSR count). The maximum Gasteiger partial charge on any atom is 0.323 e. The minimum absolute atomic E-state index is 0.00468. The molecule has 0 aromatic carbocycles. The molecule has 2 aliphatic carbocycles. The normalized spacial score (nSPS) is 28.8. The van der Waals surface area contributed by atoms with Crippen molar-refractivity contribution in [2.45, 2.75) is 50.6 Å². The summed E-state index contributed by atoms with van der Waals surface area (Å²) in [4.78, 5) is 24.6. The molecule has 5 nitrogen and oxygen atoms in total. The second-order valence-electron chi connectivity index (χ2n) is 5.21. The average molecular weight is 240 g/mol. The van der Waals surface area contributed by atoms with E-state index in [1.807, 2.05) is 0 Å². The van der Waals surface area contributed by atoms with Crippen molar-refractivity contribution in [2.24, 2.45) is 11.7 Å². The number of nitrogens with two attached hydrogens (primary N) is 1. The first kappa shape index (κ1) is 12.4. The highest BCUT2D eigenvalue weighted by Gasteiger charge is 2.37. The van der Waals surface area contributed by atoms with Crippen LogP contribution >= 0.6 is 0 Å². The van der Waals surface area contributed by atoms with E-state index in [-0.39, 0.29) is 30.5 Å². The highest BCUT2D eigenvalue weighted by Crippen LogP contribution is 2.31. The van der Waals surface area contributed by atoms with E-state index in [0.29, 0.717) is 6.42 Å². The van der Waals surface area contributed by atoms with E-state index in [1.165, 1.54) is 0 Å². The molecule has 2 atom stereocenters. The zero-order valence-electron chi connectivity index (χ0n) is 9.97. The number of hydrogen-bond donors (Lipinski definition) is 2. The van der Waals surface area contributed by atoms with Crippen molar-refractivity contribution < 1.29 is 14.7 Å². The summed E-state index contributed by atoms with van der Waals surface area (Å²) >= 11 is 0. The molecule has 0 aliphatic heterocycles. The van der Waals surface area contributed by atoms with Gasteiger partial charge in [0, 0.05) is 18.0 Å². The molecule has 3 N–H and O–H groups in total. The van der Waals surface area contributed by atoms with Gasteiger partial charge in [0.25, 0.3) is 0 Å². The van der Waals surface area contributed by atoms with Gasteiger partial charge < -0.3 is 15.7 Å². The van der Waals surface area contributed by atoms with Gasteiger partial charge in [-0.15, -0.1) is 0 Å². The minimum atomic E-state index is -0.926. The third-order valence-electron chi connectivity index (χ3n) is 3.64. The number of carboxylic acid groups (broad SMARTS) is 1. The summed E-state index contributed by atoms with van der Waals surface area (Å²) in [5, 5.41) is 8.84. The molecular weight excluding hydrogens is 220 g/mol. The Bertz CT molecular complexity index is 315. The van der Waals surface area contributed by atoms with E-state index in [2.05, 4.69) is 0 Å². The van der Waals surface area contributed by atoms with E-state index < -0.39 is 5.97 Å². The molecular formula is C12H20N2O3. The first-order valence-corrected chi connectivity index (χ1v) is 6.35. The van der Waals surface area contributed by atoms with Gasteiger partial charge in [-0.05, 0) is 32.1 Å². The van der Waals surface area contributed by atoms with E-state index in [9.17, 15) is 9.59 Å². The summed E-state index contributed by atoms with van der Waals surface area (Å²) < 4.78 is 0. The average Bonchev–Trinajstić information content (AvgIpc) is 3.08. The fourth-order valence-corrected chi connectivity index (χ4v) is 2.61. The topological polar surface area (TPSA) is 83.6 Å². The number of carbonyl (C=O) groups is 2. The summed E-state index contributed by atoms with van der Waals surface area (Å²) in [5.41, 5.74) is 5.87. The molecule has 5 heteroatoms. The lowest BCUT2D eigenvalue weighted by molar-refractivity contribution is -0.147. The fourth-order valence-electron chi connectivity index (χ4n) is 2.61. The van der Waals surface area contributed by atoms with E-state index in [1.54, 1.807) is 4.90 Å². The summed E-state index contributed by atoms with van der Waals surface area (Å²) in [7, 11) is 0. The molecule has 0 aromatic heterocycles. The first-order valence-electron chi connectivity index (χ1n) is 6.35. The van der Waals surface area contributed by atoms with Crippen LogP contribution in [0.15, 0.2) is 0 Å². The van der Waals surface area contributed by atoms with Crippen LogP contribution in [0.1, 0.15) is 38.5 Å². The molecule has 2 unspecified atom stereocenters. The van der Waals surface area contributed by atoms with Crippen LogP contribution in [-0.2, 0) is 9.59 Å². The standard InChI is InChI=1S/C12H20N2O3/c13-9-3-1-2-8(6-9)12(17)14(7-11(15)16)10-4-5-10/h8-10H,1-7,13H2,(H,15,16). The Morgan fingerprint density at radius 2 is 1.94 bits per heavy atom. The molecule has 96 valence electrons. The van der Waals surface area contributed by atoms with E-state index >= 15 is 0 Å². The lowest BCUT2D eigenvalue weighted by Gasteiger charge is -2.30. The lowest BCUT2D eigenvalue weighted by Crippen LogP contribution is -2.44. The first-order chi connectivity index (χ1) is 8.08. The van der Waals surface area contributed by atoms with Crippen molar-refractivity contribution in [1.82, 2.24) is 4.90 Å². The van der Waals surface area contributed by atoms with Crippen LogP contribution in [0.5, 0.6) is 0 Å². The second kappa shape index (κ2) is 5.04. The zero-order valence-corrected chi connectivity index (χ0v) is 9.97. The SMILES string of the molecule is NC1CCCC(C(=O)N(CC(=O)O)C2CC2)C1. The van der Waals surface area contributed by atoms with E-state index in [4.69, 9.17) is 10.8 Å². The number of carbonyl (C=O) groups excluding carboxylic acids is 1. The highest BCUT2D eigenvalue weighted by molar-refractivity contribution is 5.83. The summed E-state index contributed by atoms with van der Waals surface area (Å²) in [6, 6.07) is 0.264. The molecule has 0 aromatic rings. The summed E-state index contributed by atoms with van der Waals surface area (Å²) in [6.07, 6.45) is 5.40. The molecule has 1 amide bonds. The van der Waals surface area contributed by atoms with Crippen molar-refractivity contribution in [3.63, 3.8) is 0 Å². The van der Waals surface area contributed by atoms with Crippen molar-refractivity contribution in [2.75, 3.05) is 6.54 Å². The highest BCUT2D eigenvalue weighted by atomic mass is 16.4. The third kappa shape index (κ3) is 3.19. The quantitative estimate of drug-likeness (QED) is 0.753. The van der Waals surface area contributed by atoms with Crippen molar-refractivity contribution in [3.05, 3.63) is 0 Å². The second-order valence-corrected chi connectivity index (χ2v) is 5.21. The number of carboxylic acids is 1. The number of rotatable bonds is 4. The molecule has 17 heavy (non-hydrogen) atoms. The molecule has 2 saturated carbocycles. The molecule has 0 heterocycles. The Hall–Kier alpha value is -1.10. The van der Waals surface area contributed by atoms with Gasteiger partial charge in [0.05, 0.1) is 0 Å². The number of aliphatic carboxylic acids is 1. The Kier molecular flexibility index (Phi) is 3.66. The van der Waals surface area contributed by atoms with Gasteiger partial charge in [-0.2, -0.15) is 0 Å². The number of amides is 1. The largest absolute Gasteiger partial charge is 0.480 e. The Balaban J connectivity index is 1.97. The Morgan fingerprint density at radius 1 is 1.24 bits per heavy atom. The van der Waals surface area contributed by atoms with Crippen LogP contribution in [-0.4, -0.2) is 40.5 Å². The van der Waals surface area contributed by atoms with Gasteiger partial charge in [0.15, 0.2) is 0 Å². The van der Waals surface area contributed by atoms with Crippen molar-refractivity contribution >= 4 is 11.9 Å². The maximum atomic E-state index is 12.3. The van der Waals surface area contributed by atoms with Gasteiger partial charge in [0.2, 0.25) is 5.91 Å². The van der Waals surface area contributed by atoms with Gasteiger partial charge in [-0.3, -0.25) is 9.59 Å². The van der Waals surface area contributed by atoms with Crippen molar-refractivity contribution in [3.8, 4) is 0 Å². The van der Waals surface area contributed by atoms with Crippen LogP contribution in [0, 0.1) is 5.92 Å². The summed E-state index contributed by atoms with van der Waals surface area (Å²) in [5.74, 6) is -0.978. The molecule has 2 aliphatic rings. The monoisotopic (exact) mass is 240 g/mol. The van der Waals surface area contributed by atoms with Crippen LogP contribution in [0.25, 0.3) is 0 Å². The lowest BCUT2D eigenvalue weighted by atomic mass is 9.85. The molecule has 0 radical (unpaired) electrons. The van der Waals surface area contributed by atoms with Crippen LogP contribution in [0.2, 0.25) is 0 Å². The van der Waals surface area contributed by atoms with Crippen LogP contribution in [0.3, 0.4) is 0 Å². The fraction of sp³-hybridized carbons (Fsp3) is 0.833. The number of nitrogens with zero attached hydrogens (tertiary/aromatic N) is 1. The van der Waals surface area contributed by atoms with E-state index in [0.717, 1.165) is 32.1 Å². The zero-order chi connectivity index (χ0) is 12.4. The third-order valence-corrected chi connectivity index (χ3v) is 3.64. The van der Waals surface area contributed by atoms with Gasteiger partial charge in [0.1, 0.15) is 6.54 Å². The smallest absolute Gasteiger partial charge is 0.323 e. The summed E-state index contributed by atoms with van der Waals surface area (Å²) in [6.45, 7) is -0.158. The predicted octanol–water partition coefficient (Wildman–Crippen LogP) is 0.579. The van der Waals surface area contributed by atoms with Crippen LogP contribution < -0.4 is 5.73 Å². The van der Waals surface area contributed by atoms with Crippen molar-refractivity contribution in [1.29, 1.82) is 0 Å². The Labute approximate surface area is 101 Å². The number of hydrogen-bond acceptors (Lipinski definition) is 3. The maximum absolute atomic E-state index is 12.3. The van der Waals surface area contributed by atoms with Gasteiger partial charge in [-0.1, -0.05) is 6.42 Å².